The minimum Gasteiger partial charge on any atom is -0.273 e. The molecule has 0 saturated heterocycles. The Kier molecular flexibility index (Phi) is 5.35. The normalized spacial score (nSPS) is 11.1. The van der Waals surface area contributed by atoms with Crippen LogP contribution in [-0.2, 0) is 17.9 Å². The summed E-state index contributed by atoms with van der Waals surface area (Å²) in [6.07, 6.45) is 3.63. The quantitative estimate of drug-likeness (QED) is 0.459. The molecule has 0 fully saturated rings. The van der Waals surface area contributed by atoms with E-state index in [2.05, 4.69) is 20.7 Å². The summed E-state index contributed by atoms with van der Waals surface area (Å²) in [6.45, 7) is 3.86. The molecule has 0 aromatic carbocycles. The average molecular weight is 337 g/mol. The van der Waals surface area contributed by atoms with Crippen molar-refractivity contribution in [2.75, 3.05) is 0 Å². The van der Waals surface area contributed by atoms with E-state index in [1.807, 2.05) is 0 Å². The number of hydrogen-bond donors (Lipinski definition) is 1. The molecule has 2 heterocycles. The van der Waals surface area contributed by atoms with Crippen LogP contribution in [0.15, 0.2) is 17.5 Å². The van der Waals surface area contributed by atoms with Gasteiger partial charge in [0.25, 0.3) is 0 Å². The zero-order valence-corrected chi connectivity index (χ0v) is 13.1. The molecule has 0 atom stereocenters. The Balaban J connectivity index is 1.86. The van der Waals surface area contributed by atoms with Crippen LogP contribution in [0.25, 0.3) is 0 Å². The monoisotopic (exact) mass is 337 g/mol. The van der Waals surface area contributed by atoms with Gasteiger partial charge < -0.3 is 0 Å². The lowest BCUT2D eigenvalue weighted by Crippen LogP contribution is -2.20. The molecular formula is C13H16FN7O3. The fraction of sp³-hybridized carbons (Fsp3) is 0.385. The van der Waals surface area contributed by atoms with Gasteiger partial charge in [0.2, 0.25) is 11.9 Å². The van der Waals surface area contributed by atoms with Crippen LogP contribution in [0.3, 0.4) is 0 Å². The first-order chi connectivity index (χ1) is 11.4. The van der Waals surface area contributed by atoms with Crippen molar-refractivity contribution in [1.82, 2.24) is 25.0 Å². The number of hydrogen-bond acceptors (Lipinski definition) is 6. The van der Waals surface area contributed by atoms with Crippen LogP contribution in [0.2, 0.25) is 0 Å². The standard InChI is InChI=1S/C13H16FN7O3/c1-3-19-13(14)10(7-16-19)6-15-18-12(22)4-5-20-9(2)11(8-17-20)21(23)24/h6-8H,3-5H2,1-2H3,(H,18,22)/b15-6-. The molecule has 0 spiro atoms. The molecule has 0 unspecified atom stereocenters. The molecule has 0 aliphatic heterocycles. The smallest absolute Gasteiger partial charge is 0.273 e. The van der Waals surface area contributed by atoms with Crippen molar-refractivity contribution in [1.29, 1.82) is 0 Å². The zero-order chi connectivity index (χ0) is 17.7. The molecule has 2 aromatic rings. The molecule has 0 bridgehead atoms. The summed E-state index contributed by atoms with van der Waals surface area (Å²) in [5, 5.41) is 22.0. The first-order valence-electron chi connectivity index (χ1n) is 7.14. The Bertz CT molecular complexity index is 781. The van der Waals surface area contributed by atoms with Crippen LogP contribution in [0.5, 0.6) is 0 Å². The van der Waals surface area contributed by atoms with Crippen molar-refractivity contribution < 1.29 is 14.1 Å². The molecule has 0 aliphatic carbocycles. The van der Waals surface area contributed by atoms with Gasteiger partial charge >= 0.3 is 5.69 Å². The largest absolute Gasteiger partial charge is 0.309 e. The molecule has 1 amide bonds. The van der Waals surface area contributed by atoms with Crippen molar-refractivity contribution in [2.24, 2.45) is 5.10 Å². The molecule has 2 aromatic heterocycles. The lowest BCUT2D eigenvalue weighted by molar-refractivity contribution is -0.385. The molecule has 128 valence electrons. The summed E-state index contributed by atoms with van der Waals surface area (Å²) in [5.74, 6) is -0.956. The number of halogens is 1. The fourth-order valence-corrected chi connectivity index (χ4v) is 1.97. The Hall–Kier alpha value is -3.11. The van der Waals surface area contributed by atoms with Gasteiger partial charge in [-0.15, -0.1) is 0 Å². The second-order valence-electron chi connectivity index (χ2n) is 4.85. The predicted molar refractivity (Wildman–Crippen MR) is 81.8 cm³/mol. The second kappa shape index (κ2) is 7.44. The lowest BCUT2D eigenvalue weighted by Gasteiger charge is -2.02. The highest BCUT2D eigenvalue weighted by Crippen LogP contribution is 2.16. The Labute approximate surface area is 136 Å². The molecule has 0 saturated carbocycles. The van der Waals surface area contributed by atoms with Crippen molar-refractivity contribution in [3.8, 4) is 0 Å². The molecule has 11 heteroatoms. The summed E-state index contributed by atoms with van der Waals surface area (Å²) in [5.41, 5.74) is 2.69. The Morgan fingerprint density at radius 3 is 2.75 bits per heavy atom. The molecule has 1 N–H and O–H groups in total. The first kappa shape index (κ1) is 17.2. The molecular weight excluding hydrogens is 321 g/mol. The number of nitrogens with one attached hydrogen (secondary N) is 1. The van der Waals surface area contributed by atoms with Crippen LogP contribution in [-0.4, -0.2) is 36.6 Å². The zero-order valence-electron chi connectivity index (χ0n) is 13.1. The van der Waals surface area contributed by atoms with Gasteiger partial charge in [0, 0.05) is 13.0 Å². The van der Waals surface area contributed by atoms with Crippen LogP contribution < -0.4 is 5.43 Å². The average Bonchev–Trinajstić information content (AvgIpc) is 3.08. The van der Waals surface area contributed by atoms with Crippen molar-refractivity contribution >= 4 is 17.8 Å². The van der Waals surface area contributed by atoms with Gasteiger partial charge in [-0.25, -0.2) is 10.1 Å². The number of carbonyl (C=O) groups excluding carboxylic acids is 1. The minimum atomic E-state index is -0.534. The van der Waals surface area contributed by atoms with E-state index in [-0.39, 0.29) is 24.2 Å². The highest BCUT2D eigenvalue weighted by Gasteiger charge is 2.16. The third-order valence-electron chi connectivity index (χ3n) is 3.32. The molecule has 10 nitrogen and oxygen atoms in total. The third kappa shape index (κ3) is 3.80. The SMILES string of the molecule is CCn1ncc(/C=N\NC(=O)CCn2ncc([N+](=O)[O-])c2C)c1F. The van der Waals surface area contributed by atoms with E-state index in [0.29, 0.717) is 12.2 Å². The maximum absolute atomic E-state index is 13.7. The van der Waals surface area contributed by atoms with Crippen molar-refractivity contribution in [3.63, 3.8) is 0 Å². The molecule has 2 rings (SSSR count). The predicted octanol–water partition coefficient (Wildman–Crippen LogP) is 0.996. The third-order valence-corrected chi connectivity index (χ3v) is 3.32. The van der Waals surface area contributed by atoms with E-state index in [1.165, 1.54) is 10.9 Å². The summed E-state index contributed by atoms with van der Waals surface area (Å²) in [4.78, 5) is 21.9. The summed E-state index contributed by atoms with van der Waals surface area (Å²) in [7, 11) is 0. The number of hydrazone groups is 1. The van der Waals surface area contributed by atoms with E-state index < -0.39 is 16.8 Å². The molecule has 0 aliphatic rings. The van der Waals surface area contributed by atoms with E-state index >= 15 is 0 Å². The van der Waals surface area contributed by atoms with Crippen LogP contribution >= 0.6 is 0 Å². The van der Waals surface area contributed by atoms with Crippen molar-refractivity contribution in [2.45, 2.75) is 33.4 Å². The van der Waals surface area contributed by atoms with Crippen LogP contribution in [0.4, 0.5) is 10.1 Å². The number of carbonyl (C=O) groups is 1. The van der Waals surface area contributed by atoms with Crippen LogP contribution in [0, 0.1) is 23.0 Å². The number of aromatic nitrogens is 4. The lowest BCUT2D eigenvalue weighted by atomic mass is 10.3. The summed E-state index contributed by atoms with van der Waals surface area (Å²) < 4.78 is 16.2. The highest BCUT2D eigenvalue weighted by atomic mass is 19.1. The van der Waals surface area contributed by atoms with Gasteiger partial charge in [-0.2, -0.15) is 19.7 Å². The minimum absolute atomic E-state index is 0.0215. The molecule has 0 radical (unpaired) electrons. The van der Waals surface area contributed by atoms with Gasteiger partial charge in [-0.1, -0.05) is 0 Å². The van der Waals surface area contributed by atoms with Gasteiger partial charge in [0.05, 0.1) is 29.4 Å². The van der Waals surface area contributed by atoms with Gasteiger partial charge in [0.1, 0.15) is 11.9 Å². The highest BCUT2D eigenvalue weighted by molar-refractivity contribution is 5.82. The van der Waals surface area contributed by atoms with Gasteiger partial charge in [-0.05, 0) is 13.8 Å². The van der Waals surface area contributed by atoms with E-state index in [0.717, 1.165) is 17.1 Å². The maximum Gasteiger partial charge on any atom is 0.309 e. The summed E-state index contributed by atoms with van der Waals surface area (Å²) in [6, 6.07) is 0. The van der Waals surface area contributed by atoms with Gasteiger partial charge in [-0.3, -0.25) is 19.6 Å². The Morgan fingerprint density at radius 2 is 2.17 bits per heavy atom. The molecule has 24 heavy (non-hydrogen) atoms. The van der Waals surface area contributed by atoms with Gasteiger partial charge in [0.15, 0.2) is 0 Å². The van der Waals surface area contributed by atoms with Crippen LogP contribution in [0.1, 0.15) is 24.6 Å². The fourth-order valence-electron chi connectivity index (χ4n) is 1.97. The van der Waals surface area contributed by atoms with E-state index in [9.17, 15) is 19.3 Å². The number of aryl methyl sites for hydroxylation is 2. The summed E-state index contributed by atoms with van der Waals surface area (Å²) >= 11 is 0. The van der Waals surface area contributed by atoms with E-state index in [4.69, 9.17) is 0 Å². The van der Waals surface area contributed by atoms with Crippen molar-refractivity contribution in [3.05, 3.63) is 39.7 Å². The second-order valence-corrected chi connectivity index (χ2v) is 4.85. The number of nitrogens with zero attached hydrogens (tertiary/aromatic N) is 6. The maximum atomic E-state index is 13.7. The Morgan fingerprint density at radius 1 is 1.46 bits per heavy atom. The topological polar surface area (TPSA) is 120 Å². The first-order valence-corrected chi connectivity index (χ1v) is 7.14. The number of nitro groups is 1. The number of amides is 1. The number of rotatable bonds is 7. The van der Waals surface area contributed by atoms with E-state index in [1.54, 1.807) is 13.8 Å².